The molecule has 1 fully saturated rings. The van der Waals surface area contributed by atoms with Crippen molar-refractivity contribution < 1.29 is 14.1 Å². The van der Waals surface area contributed by atoms with Gasteiger partial charge in [-0.3, -0.25) is 0 Å². The highest BCUT2D eigenvalue weighted by atomic mass is 16.7. The van der Waals surface area contributed by atoms with Crippen LogP contribution in [0.3, 0.4) is 0 Å². The van der Waals surface area contributed by atoms with E-state index in [9.17, 15) is 0 Å². The van der Waals surface area contributed by atoms with Gasteiger partial charge in [-0.05, 0) is 36.0 Å². The number of rotatable bonds is 5. The Morgan fingerprint density at radius 2 is 2.17 bits per heavy atom. The van der Waals surface area contributed by atoms with E-state index >= 15 is 0 Å². The maximum Gasteiger partial charge on any atom is 0.226 e. The minimum atomic E-state index is 0.599. The van der Waals surface area contributed by atoms with Gasteiger partial charge in [-0.1, -0.05) is 17.3 Å². The summed E-state index contributed by atoms with van der Waals surface area (Å²) in [7, 11) is 1.73. The molecule has 0 N–H and O–H groups in total. The van der Waals surface area contributed by atoms with Gasteiger partial charge in [0.25, 0.3) is 0 Å². The van der Waals surface area contributed by atoms with Crippen molar-refractivity contribution in [1.29, 1.82) is 0 Å². The molecule has 0 saturated carbocycles. The lowest BCUT2D eigenvalue weighted by atomic mass is 9.94. The van der Waals surface area contributed by atoms with Gasteiger partial charge >= 0.3 is 0 Å². The molecular weight excluding hydrogens is 306 g/mol. The fourth-order valence-corrected chi connectivity index (χ4v) is 3.52. The molecule has 1 aromatic heterocycles. The van der Waals surface area contributed by atoms with Gasteiger partial charge in [0.2, 0.25) is 5.89 Å². The summed E-state index contributed by atoms with van der Waals surface area (Å²) < 4.78 is 11.0. The van der Waals surface area contributed by atoms with Crippen molar-refractivity contribution in [3.8, 4) is 5.75 Å². The van der Waals surface area contributed by atoms with E-state index < -0.39 is 0 Å². The van der Waals surface area contributed by atoms with Crippen LogP contribution in [0.15, 0.2) is 22.7 Å². The van der Waals surface area contributed by atoms with Crippen molar-refractivity contribution in [3.63, 3.8) is 0 Å². The normalized spacial score (nSPS) is 18.5. The Morgan fingerprint density at radius 1 is 1.29 bits per heavy atom. The van der Waals surface area contributed by atoms with E-state index in [1.165, 1.54) is 11.1 Å². The quantitative estimate of drug-likeness (QED) is 0.839. The molecule has 0 radical (unpaired) electrons. The van der Waals surface area contributed by atoms with Crippen LogP contribution in [0.1, 0.15) is 35.7 Å². The molecule has 0 amide bonds. The zero-order valence-corrected chi connectivity index (χ0v) is 14.0. The number of fused-ring (bicyclic) bond motifs is 1. The molecule has 0 unspecified atom stereocenters. The highest BCUT2D eigenvalue weighted by Crippen LogP contribution is 2.26. The Morgan fingerprint density at radius 3 is 3.00 bits per heavy atom. The minimum Gasteiger partial charge on any atom is -0.493 e. The third kappa shape index (κ3) is 3.44. The molecule has 128 valence electrons. The van der Waals surface area contributed by atoms with Gasteiger partial charge in [0.05, 0.1) is 13.7 Å². The van der Waals surface area contributed by atoms with Crippen molar-refractivity contribution >= 4 is 0 Å². The van der Waals surface area contributed by atoms with E-state index in [0.717, 1.165) is 62.8 Å². The first-order chi connectivity index (χ1) is 11.8. The number of hydrogen-bond donors (Lipinski definition) is 0. The predicted molar refractivity (Wildman–Crippen MR) is 87.8 cm³/mol. The summed E-state index contributed by atoms with van der Waals surface area (Å²) in [6, 6.07) is 6.32. The average molecular weight is 329 g/mol. The Bertz CT molecular complexity index is 693. The van der Waals surface area contributed by atoms with Crippen LogP contribution in [0.4, 0.5) is 0 Å². The van der Waals surface area contributed by atoms with Gasteiger partial charge < -0.3 is 14.1 Å². The fraction of sp³-hybridized carbons (Fsp3) is 0.556. The van der Waals surface area contributed by atoms with Crippen molar-refractivity contribution in [2.45, 2.75) is 32.1 Å². The molecule has 1 saturated heterocycles. The summed E-state index contributed by atoms with van der Waals surface area (Å²) in [6.45, 7) is 2.73. The fourth-order valence-electron chi connectivity index (χ4n) is 3.52. The molecule has 0 atom stereocenters. The smallest absolute Gasteiger partial charge is 0.226 e. The molecule has 4 rings (SSSR count). The largest absolute Gasteiger partial charge is 0.493 e. The Kier molecular flexibility index (Phi) is 4.49. The van der Waals surface area contributed by atoms with Crippen LogP contribution < -0.4 is 4.74 Å². The molecule has 6 nitrogen and oxygen atoms in total. The molecule has 0 aliphatic carbocycles. The summed E-state index contributed by atoms with van der Waals surface area (Å²) in [4.78, 5) is 9.84. The van der Waals surface area contributed by atoms with Crippen molar-refractivity contribution in [3.05, 3.63) is 41.0 Å². The molecule has 0 bridgehead atoms. The van der Waals surface area contributed by atoms with Crippen LogP contribution >= 0.6 is 0 Å². The molecule has 0 spiro atoms. The van der Waals surface area contributed by atoms with Crippen molar-refractivity contribution in [1.82, 2.24) is 15.2 Å². The van der Waals surface area contributed by atoms with Gasteiger partial charge in [0.1, 0.15) is 5.75 Å². The van der Waals surface area contributed by atoms with Gasteiger partial charge in [-0.2, -0.15) is 10.0 Å². The topological polar surface area (TPSA) is 60.6 Å². The average Bonchev–Trinajstić information content (AvgIpc) is 3.24. The Hall–Kier alpha value is -1.92. The third-order valence-electron chi connectivity index (χ3n) is 4.92. The van der Waals surface area contributed by atoms with Crippen LogP contribution in [0, 0.1) is 5.92 Å². The zero-order chi connectivity index (χ0) is 16.4. The standard InChI is InChI=1S/C18H23N3O3/c1-22-21-7-4-13(5-8-21)12-18-19-17(20-24-18)11-14-2-3-16-15(10-14)6-9-23-16/h2-3,10,13H,4-9,11-12H2,1H3. The van der Waals surface area contributed by atoms with Crippen LogP contribution in [0.25, 0.3) is 0 Å². The minimum absolute atomic E-state index is 0.599. The second-order valence-electron chi connectivity index (χ2n) is 6.58. The monoisotopic (exact) mass is 329 g/mol. The SMILES string of the molecule is CON1CCC(Cc2nc(Cc3ccc4c(c3)CCO4)no2)CC1. The summed E-state index contributed by atoms with van der Waals surface area (Å²) in [5.41, 5.74) is 2.49. The van der Waals surface area contributed by atoms with E-state index in [1.807, 2.05) is 11.1 Å². The van der Waals surface area contributed by atoms with Crippen LogP contribution in [-0.4, -0.2) is 42.0 Å². The third-order valence-corrected chi connectivity index (χ3v) is 4.92. The number of aromatic nitrogens is 2. The summed E-state index contributed by atoms with van der Waals surface area (Å²) >= 11 is 0. The highest BCUT2D eigenvalue weighted by molar-refractivity contribution is 5.40. The van der Waals surface area contributed by atoms with E-state index in [0.29, 0.717) is 12.3 Å². The van der Waals surface area contributed by atoms with Crippen molar-refractivity contribution in [2.75, 3.05) is 26.8 Å². The Balaban J connectivity index is 1.35. The first-order valence-electron chi connectivity index (χ1n) is 8.65. The number of hydrogen-bond acceptors (Lipinski definition) is 6. The summed E-state index contributed by atoms with van der Waals surface area (Å²) in [5.74, 6) is 3.13. The van der Waals surface area contributed by atoms with Gasteiger partial charge in [0.15, 0.2) is 5.82 Å². The first kappa shape index (κ1) is 15.6. The van der Waals surface area contributed by atoms with Gasteiger partial charge in [-0.25, -0.2) is 0 Å². The maximum absolute atomic E-state index is 5.55. The van der Waals surface area contributed by atoms with E-state index in [-0.39, 0.29) is 0 Å². The number of piperidine rings is 1. The lowest BCUT2D eigenvalue weighted by Crippen LogP contribution is -2.33. The first-order valence-corrected chi connectivity index (χ1v) is 8.65. The van der Waals surface area contributed by atoms with Crippen LogP contribution in [-0.2, 0) is 24.1 Å². The zero-order valence-electron chi connectivity index (χ0n) is 14.0. The molecule has 24 heavy (non-hydrogen) atoms. The van der Waals surface area contributed by atoms with Gasteiger partial charge in [-0.15, -0.1) is 0 Å². The summed E-state index contributed by atoms with van der Waals surface area (Å²) in [6.07, 6.45) is 4.77. The number of hydroxylamine groups is 2. The van der Waals surface area contributed by atoms with E-state index in [2.05, 4.69) is 22.3 Å². The Labute approximate surface area is 141 Å². The number of benzene rings is 1. The molecular formula is C18H23N3O3. The van der Waals surface area contributed by atoms with Crippen molar-refractivity contribution in [2.24, 2.45) is 5.92 Å². The lowest BCUT2D eigenvalue weighted by molar-refractivity contribution is -0.148. The number of ether oxygens (including phenoxy) is 1. The van der Waals surface area contributed by atoms with E-state index in [1.54, 1.807) is 7.11 Å². The molecule has 3 heterocycles. The van der Waals surface area contributed by atoms with E-state index in [4.69, 9.17) is 14.1 Å². The highest BCUT2D eigenvalue weighted by Gasteiger charge is 2.22. The van der Waals surface area contributed by atoms with Crippen LogP contribution in [0.5, 0.6) is 5.75 Å². The molecule has 1 aromatic carbocycles. The second-order valence-corrected chi connectivity index (χ2v) is 6.58. The maximum atomic E-state index is 5.55. The van der Waals surface area contributed by atoms with Crippen LogP contribution in [0.2, 0.25) is 0 Å². The summed E-state index contributed by atoms with van der Waals surface area (Å²) in [5, 5.41) is 6.16. The molecule has 2 aliphatic rings. The molecule has 6 heteroatoms. The lowest BCUT2D eigenvalue weighted by Gasteiger charge is -2.29. The van der Waals surface area contributed by atoms with Gasteiger partial charge in [0, 0.05) is 32.4 Å². The predicted octanol–water partition coefficient (Wildman–Crippen LogP) is 2.41. The molecule has 2 aromatic rings. The second kappa shape index (κ2) is 6.91. The number of nitrogens with zero attached hydrogens (tertiary/aromatic N) is 3. The molecule has 2 aliphatic heterocycles.